The maximum absolute atomic E-state index is 5.48. The van der Waals surface area contributed by atoms with Crippen LogP contribution in [0.1, 0.15) is 25.7 Å². The normalized spacial score (nSPS) is 36.9. The summed E-state index contributed by atoms with van der Waals surface area (Å²) in [5, 5.41) is 0. The maximum Gasteiger partial charge on any atom is 0.0480 e. The van der Waals surface area contributed by atoms with Crippen LogP contribution < -0.4 is 0 Å². The van der Waals surface area contributed by atoms with Crippen molar-refractivity contribution >= 4 is 0 Å². The molecule has 0 aromatic carbocycles. The van der Waals surface area contributed by atoms with Crippen molar-refractivity contribution in [3.8, 4) is 0 Å². The molecule has 3 rings (SSSR count). The molecule has 17 heavy (non-hydrogen) atoms. The molecule has 3 heteroatoms. The van der Waals surface area contributed by atoms with Gasteiger partial charge in [0.25, 0.3) is 0 Å². The Morgan fingerprint density at radius 2 is 1.71 bits per heavy atom. The second-order valence-electron chi connectivity index (χ2n) is 6.33. The fourth-order valence-electron chi connectivity index (χ4n) is 3.72. The van der Waals surface area contributed by atoms with E-state index in [0.717, 1.165) is 37.1 Å². The number of hydrogen-bond acceptors (Lipinski definition) is 3. The van der Waals surface area contributed by atoms with Gasteiger partial charge in [-0.2, -0.15) is 0 Å². The van der Waals surface area contributed by atoms with E-state index >= 15 is 0 Å². The summed E-state index contributed by atoms with van der Waals surface area (Å²) >= 11 is 0. The van der Waals surface area contributed by atoms with Gasteiger partial charge in [0.05, 0.1) is 0 Å². The SMILES string of the molecule is CN(C)[C@H]1CN(C2CCOCC2)C[C@@H]1C1CC1. The molecule has 0 bridgehead atoms. The molecule has 1 saturated carbocycles. The fourth-order valence-corrected chi connectivity index (χ4v) is 3.72. The first-order valence-electron chi connectivity index (χ1n) is 7.24. The molecule has 0 amide bonds. The molecule has 0 aromatic heterocycles. The van der Waals surface area contributed by atoms with Gasteiger partial charge in [-0.1, -0.05) is 0 Å². The van der Waals surface area contributed by atoms with Crippen LogP contribution in [-0.4, -0.2) is 62.3 Å². The van der Waals surface area contributed by atoms with Crippen LogP contribution in [0.2, 0.25) is 0 Å². The third-order valence-corrected chi connectivity index (χ3v) is 4.96. The minimum absolute atomic E-state index is 0.797. The summed E-state index contributed by atoms with van der Waals surface area (Å²) in [5.41, 5.74) is 0. The van der Waals surface area contributed by atoms with E-state index in [1.165, 1.54) is 38.8 Å². The molecule has 3 nitrogen and oxygen atoms in total. The van der Waals surface area contributed by atoms with Gasteiger partial charge in [0.15, 0.2) is 0 Å². The molecule has 0 N–H and O–H groups in total. The largest absolute Gasteiger partial charge is 0.381 e. The quantitative estimate of drug-likeness (QED) is 0.740. The second kappa shape index (κ2) is 4.87. The molecule has 2 heterocycles. The maximum atomic E-state index is 5.48. The third-order valence-electron chi connectivity index (χ3n) is 4.96. The van der Waals surface area contributed by atoms with Crippen LogP contribution in [0.25, 0.3) is 0 Å². The lowest BCUT2D eigenvalue weighted by Crippen LogP contribution is -2.40. The van der Waals surface area contributed by atoms with Gasteiger partial charge in [-0.25, -0.2) is 0 Å². The van der Waals surface area contributed by atoms with E-state index in [1.807, 2.05) is 0 Å². The van der Waals surface area contributed by atoms with Gasteiger partial charge in [0, 0.05) is 38.4 Å². The van der Waals surface area contributed by atoms with Crippen LogP contribution in [0.3, 0.4) is 0 Å². The number of ether oxygens (including phenoxy) is 1. The van der Waals surface area contributed by atoms with E-state index < -0.39 is 0 Å². The summed E-state index contributed by atoms with van der Waals surface area (Å²) < 4.78 is 5.48. The number of likely N-dealkylation sites (N-methyl/N-ethyl adjacent to an activating group) is 1. The van der Waals surface area contributed by atoms with Gasteiger partial charge in [0.1, 0.15) is 0 Å². The topological polar surface area (TPSA) is 15.7 Å². The van der Waals surface area contributed by atoms with E-state index in [0.29, 0.717) is 0 Å². The van der Waals surface area contributed by atoms with Crippen molar-refractivity contribution in [2.45, 2.75) is 37.8 Å². The molecule has 3 fully saturated rings. The first-order valence-corrected chi connectivity index (χ1v) is 7.24. The van der Waals surface area contributed by atoms with Gasteiger partial charge in [-0.15, -0.1) is 0 Å². The Bertz CT molecular complexity index is 249. The van der Waals surface area contributed by atoms with Crippen molar-refractivity contribution in [3.05, 3.63) is 0 Å². The van der Waals surface area contributed by atoms with Gasteiger partial charge >= 0.3 is 0 Å². The Balaban J connectivity index is 1.63. The molecular weight excluding hydrogens is 212 g/mol. The number of rotatable bonds is 3. The van der Waals surface area contributed by atoms with E-state index in [9.17, 15) is 0 Å². The minimum Gasteiger partial charge on any atom is -0.381 e. The van der Waals surface area contributed by atoms with Crippen molar-refractivity contribution in [2.24, 2.45) is 11.8 Å². The van der Waals surface area contributed by atoms with Crippen molar-refractivity contribution in [1.29, 1.82) is 0 Å². The van der Waals surface area contributed by atoms with Gasteiger partial charge in [-0.3, -0.25) is 4.90 Å². The molecule has 0 unspecified atom stereocenters. The Morgan fingerprint density at radius 3 is 2.29 bits per heavy atom. The summed E-state index contributed by atoms with van der Waals surface area (Å²) in [7, 11) is 4.51. The zero-order chi connectivity index (χ0) is 11.8. The van der Waals surface area contributed by atoms with Gasteiger partial charge in [-0.05, 0) is 51.6 Å². The van der Waals surface area contributed by atoms with Crippen molar-refractivity contribution in [2.75, 3.05) is 40.4 Å². The summed E-state index contributed by atoms with van der Waals surface area (Å²) in [4.78, 5) is 5.22. The van der Waals surface area contributed by atoms with E-state index in [1.54, 1.807) is 0 Å². The predicted molar refractivity (Wildman–Crippen MR) is 69.1 cm³/mol. The van der Waals surface area contributed by atoms with Crippen LogP contribution in [-0.2, 0) is 4.74 Å². The highest BCUT2D eigenvalue weighted by atomic mass is 16.5. The Labute approximate surface area is 105 Å². The van der Waals surface area contributed by atoms with Crippen LogP contribution >= 0.6 is 0 Å². The summed E-state index contributed by atoms with van der Waals surface area (Å²) in [6.45, 7) is 4.58. The Morgan fingerprint density at radius 1 is 1.00 bits per heavy atom. The second-order valence-corrected chi connectivity index (χ2v) is 6.33. The molecule has 98 valence electrons. The highest BCUT2D eigenvalue weighted by Crippen LogP contribution is 2.43. The minimum atomic E-state index is 0.797. The first-order chi connectivity index (χ1) is 8.25. The third kappa shape index (κ3) is 2.51. The van der Waals surface area contributed by atoms with E-state index in [4.69, 9.17) is 4.74 Å². The van der Waals surface area contributed by atoms with Gasteiger partial charge < -0.3 is 9.64 Å². The summed E-state index contributed by atoms with van der Waals surface area (Å²) in [6, 6.07) is 1.60. The lowest BCUT2D eigenvalue weighted by Gasteiger charge is -2.31. The molecule has 0 radical (unpaired) electrons. The van der Waals surface area contributed by atoms with Crippen LogP contribution in [0.4, 0.5) is 0 Å². The number of hydrogen-bond donors (Lipinski definition) is 0. The zero-order valence-corrected chi connectivity index (χ0v) is 11.3. The zero-order valence-electron chi connectivity index (χ0n) is 11.3. The molecule has 1 aliphatic carbocycles. The molecular formula is C14H26N2O. The lowest BCUT2D eigenvalue weighted by molar-refractivity contribution is 0.0397. The monoisotopic (exact) mass is 238 g/mol. The van der Waals surface area contributed by atoms with E-state index in [2.05, 4.69) is 23.9 Å². The molecule has 0 aromatic rings. The lowest BCUT2D eigenvalue weighted by atomic mass is 9.97. The van der Waals surface area contributed by atoms with Crippen molar-refractivity contribution < 1.29 is 4.74 Å². The Hall–Kier alpha value is -0.120. The standard InChI is InChI=1S/C14H26N2O/c1-15(2)14-10-16(9-13(14)11-3-4-11)12-5-7-17-8-6-12/h11-14H,3-10H2,1-2H3/t13-,14+/m1/s1. The fraction of sp³-hybridized carbons (Fsp3) is 1.00. The molecule has 3 aliphatic rings. The average Bonchev–Trinajstić information content (AvgIpc) is 3.09. The molecule has 2 saturated heterocycles. The molecule has 0 spiro atoms. The summed E-state index contributed by atoms with van der Waals surface area (Å²) in [6.07, 6.45) is 5.46. The number of nitrogens with zero attached hydrogens (tertiary/aromatic N) is 2. The molecule has 2 aliphatic heterocycles. The van der Waals surface area contributed by atoms with Gasteiger partial charge in [0.2, 0.25) is 0 Å². The predicted octanol–water partition coefficient (Wildman–Crippen LogP) is 1.44. The molecule has 2 atom stereocenters. The van der Waals surface area contributed by atoms with E-state index in [-0.39, 0.29) is 0 Å². The first kappa shape index (κ1) is 11.9. The average molecular weight is 238 g/mol. The highest BCUT2D eigenvalue weighted by Gasteiger charge is 2.44. The van der Waals surface area contributed by atoms with Crippen molar-refractivity contribution in [1.82, 2.24) is 9.80 Å². The van der Waals surface area contributed by atoms with Crippen LogP contribution in [0, 0.1) is 11.8 Å². The highest BCUT2D eigenvalue weighted by molar-refractivity contribution is 4.98. The number of likely N-dealkylation sites (tertiary alicyclic amines) is 1. The summed E-state index contributed by atoms with van der Waals surface area (Å²) in [5.74, 6) is 1.97. The van der Waals surface area contributed by atoms with Crippen LogP contribution in [0.15, 0.2) is 0 Å². The smallest absolute Gasteiger partial charge is 0.0480 e. The van der Waals surface area contributed by atoms with Crippen LogP contribution in [0.5, 0.6) is 0 Å². The van der Waals surface area contributed by atoms with Crippen molar-refractivity contribution in [3.63, 3.8) is 0 Å². The Kier molecular flexibility index (Phi) is 3.42.